The maximum Gasteiger partial charge on any atom is 0.263 e. The number of sulfonamides is 1. The number of anilines is 1. The molecule has 0 unspecified atom stereocenters. The Balaban J connectivity index is 2.47. The number of halogens is 5. The largest absolute Gasteiger partial charge is 0.277 e. The number of hydrogen-bond donors (Lipinski definition) is 1. The fourth-order valence-corrected chi connectivity index (χ4v) is 7.89. The van der Waals surface area contributed by atoms with E-state index in [1.54, 1.807) is 0 Å². The van der Waals surface area contributed by atoms with E-state index in [0.717, 1.165) is 22.8 Å². The Hall–Kier alpha value is 0.790. The molecule has 3 nitrogen and oxygen atoms in total. The van der Waals surface area contributed by atoms with Gasteiger partial charge < -0.3 is 0 Å². The van der Waals surface area contributed by atoms with Gasteiger partial charge in [0, 0.05) is 15.2 Å². The molecule has 0 spiro atoms. The summed E-state index contributed by atoms with van der Waals surface area (Å²) in [5.74, 6) is -0.501. The molecule has 0 aliphatic carbocycles. The molecule has 0 saturated carbocycles. The lowest BCUT2D eigenvalue weighted by Gasteiger charge is -2.13. The summed E-state index contributed by atoms with van der Waals surface area (Å²) in [4.78, 5) is -0.00551. The SMILES string of the molecule is O=S(=O)(Nc1c(I)cc(I)cc1I)c1ccc(F)cc1Br. The van der Waals surface area contributed by atoms with E-state index in [4.69, 9.17) is 0 Å². The molecule has 0 atom stereocenters. The molecule has 0 radical (unpaired) electrons. The van der Waals surface area contributed by atoms with Crippen molar-refractivity contribution in [3.8, 4) is 0 Å². The second-order valence-corrected chi connectivity index (χ2v) is 10.00. The quantitative estimate of drug-likeness (QED) is 0.446. The third kappa shape index (κ3) is 4.41. The summed E-state index contributed by atoms with van der Waals surface area (Å²) < 4.78 is 43.3. The summed E-state index contributed by atoms with van der Waals surface area (Å²) in [7, 11) is -3.79. The average molecular weight is 708 g/mol. The van der Waals surface area contributed by atoms with Gasteiger partial charge in [-0.25, -0.2) is 12.8 Å². The van der Waals surface area contributed by atoms with Gasteiger partial charge in [-0.3, -0.25) is 4.72 Å². The van der Waals surface area contributed by atoms with Crippen LogP contribution in [0.3, 0.4) is 0 Å². The van der Waals surface area contributed by atoms with E-state index in [-0.39, 0.29) is 9.37 Å². The van der Waals surface area contributed by atoms with Gasteiger partial charge >= 0.3 is 0 Å². The minimum atomic E-state index is -3.79. The molecule has 112 valence electrons. The average Bonchev–Trinajstić information content (AvgIpc) is 2.33. The van der Waals surface area contributed by atoms with Crippen molar-refractivity contribution in [1.82, 2.24) is 0 Å². The molecule has 9 heteroatoms. The molecule has 0 heterocycles. The maximum atomic E-state index is 13.1. The third-order valence-corrected chi connectivity index (χ3v) is 7.08. The van der Waals surface area contributed by atoms with Crippen LogP contribution < -0.4 is 4.72 Å². The topological polar surface area (TPSA) is 46.2 Å². The van der Waals surface area contributed by atoms with Gasteiger partial charge in [0.05, 0.1) is 5.69 Å². The van der Waals surface area contributed by atoms with Crippen LogP contribution in [-0.2, 0) is 10.0 Å². The molecule has 1 N–H and O–H groups in total. The Morgan fingerprint density at radius 1 is 1.05 bits per heavy atom. The van der Waals surface area contributed by atoms with Crippen LogP contribution in [0.5, 0.6) is 0 Å². The predicted molar refractivity (Wildman–Crippen MR) is 110 cm³/mol. The normalized spacial score (nSPS) is 11.5. The van der Waals surface area contributed by atoms with Crippen molar-refractivity contribution < 1.29 is 12.8 Å². The number of benzene rings is 2. The van der Waals surface area contributed by atoms with E-state index in [2.05, 4.69) is 88.4 Å². The van der Waals surface area contributed by atoms with Gasteiger partial charge in [0.2, 0.25) is 0 Å². The van der Waals surface area contributed by atoms with Crippen molar-refractivity contribution in [2.24, 2.45) is 0 Å². The molecule has 0 saturated heterocycles. The van der Waals surface area contributed by atoms with Gasteiger partial charge in [0.25, 0.3) is 10.0 Å². The van der Waals surface area contributed by atoms with Gasteiger partial charge in [0.15, 0.2) is 0 Å². The molecule has 0 aromatic heterocycles. The highest BCUT2D eigenvalue weighted by molar-refractivity contribution is 14.1. The summed E-state index contributed by atoms with van der Waals surface area (Å²) in [6, 6.07) is 7.22. The second-order valence-electron chi connectivity index (χ2n) is 3.92. The van der Waals surface area contributed by atoms with Gasteiger partial charge in [-0.05, 0) is 114 Å². The Labute approximate surface area is 171 Å². The summed E-state index contributed by atoms with van der Waals surface area (Å²) in [5.41, 5.74) is 0.521. The van der Waals surface area contributed by atoms with Gasteiger partial charge in [-0.15, -0.1) is 0 Å². The van der Waals surface area contributed by atoms with Crippen molar-refractivity contribution in [2.45, 2.75) is 4.90 Å². The zero-order valence-corrected chi connectivity index (χ0v) is 18.9. The number of rotatable bonds is 3. The number of nitrogens with one attached hydrogen (secondary N) is 1. The van der Waals surface area contributed by atoms with E-state index >= 15 is 0 Å². The summed E-state index contributed by atoms with van der Waals surface area (Å²) in [6.07, 6.45) is 0. The van der Waals surface area contributed by atoms with E-state index in [9.17, 15) is 12.8 Å². The fraction of sp³-hybridized carbons (Fsp3) is 0. The van der Waals surface area contributed by atoms with E-state index in [1.807, 2.05) is 12.1 Å². The summed E-state index contributed by atoms with van der Waals surface area (Å²) >= 11 is 9.40. The molecule has 2 rings (SSSR count). The van der Waals surface area contributed by atoms with Crippen molar-refractivity contribution in [2.75, 3.05) is 4.72 Å². The van der Waals surface area contributed by atoms with Crippen LogP contribution in [0.1, 0.15) is 0 Å². The van der Waals surface area contributed by atoms with Crippen molar-refractivity contribution in [1.29, 1.82) is 0 Å². The first kappa shape index (κ1) is 18.1. The standard InChI is InChI=1S/C12H6BrFI3NO2S/c13-8-3-6(14)1-2-11(8)21(19,20)18-12-9(16)4-7(15)5-10(12)17/h1-5,18H. The Bertz CT molecular complexity index is 791. The lowest BCUT2D eigenvalue weighted by Crippen LogP contribution is -2.15. The third-order valence-electron chi connectivity index (χ3n) is 2.43. The van der Waals surface area contributed by atoms with Gasteiger partial charge in [-0.1, -0.05) is 0 Å². The summed E-state index contributed by atoms with van der Waals surface area (Å²) in [6.45, 7) is 0. The lowest BCUT2D eigenvalue weighted by atomic mass is 10.3. The minimum Gasteiger partial charge on any atom is -0.277 e. The van der Waals surface area contributed by atoms with E-state index in [1.165, 1.54) is 6.07 Å². The lowest BCUT2D eigenvalue weighted by molar-refractivity contribution is 0.599. The van der Waals surface area contributed by atoms with Crippen LogP contribution in [0.25, 0.3) is 0 Å². The highest BCUT2D eigenvalue weighted by Gasteiger charge is 2.20. The molecule has 0 amide bonds. The van der Waals surface area contributed by atoms with Crippen molar-refractivity contribution >= 4 is 99.4 Å². The van der Waals surface area contributed by atoms with Gasteiger partial charge in [-0.2, -0.15) is 0 Å². The van der Waals surface area contributed by atoms with Crippen LogP contribution in [-0.4, -0.2) is 8.42 Å². The van der Waals surface area contributed by atoms with Crippen molar-refractivity contribution in [3.05, 3.63) is 51.3 Å². The molecule has 21 heavy (non-hydrogen) atoms. The number of hydrogen-bond acceptors (Lipinski definition) is 2. The Morgan fingerprint density at radius 2 is 1.62 bits per heavy atom. The van der Waals surface area contributed by atoms with Crippen LogP contribution in [0.15, 0.2) is 39.7 Å². The van der Waals surface area contributed by atoms with Gasteiger partial charge in [0.1, 0.15) is 10.7 Å². The van der Waals surface area contributed by atoms with Crippen LogP contribution in [0.4, 0.5) is 10.1 Å². The Kier molecular flexibility index (Phi) is 6.16. The molecular formula is C12H6BrFI3NO2S. The first-order chi connectivity index (χ1) is 9.70. The first-order valence-electron chi connectivity index (χ1n) is 5.33. The highest BCUT2D eigenvalue weighted by Crippen LogP contribution is 2.31. The molecular weight excluding hydrogens is 702 g/mol. The molecule has 0 aliphatic rings. The molecule has 0 bridgehead atoms. The van der Waals surface area contributed by atoms with Crippen molar-refractivity contribution in [3.63, 3.8) is 0 Å². The Morgan fingerprint density at radius 3 is 2.14 bits per heavy atom. The van der Waals surface area contributed by atoms with Crippen LogP contribution in [0.2, 0.25) is 0 Å². The van der Waals surface area contributed by atoms with E-state index in [0.29, 0.717) is 5.69 Å². The maximum absolute atomic E-state index is 13.1. The monoisotopic (exact) mass is 707 g/mol. The predicted octanol–water partition coefficient (Wildman–Crippen LogP) is 5.20. The fourth-order valence-electron chi connectivity index (χ4n) is 1.52. The van der Waals surface area contributed by atoms with Crippen LogP contribution >= 0.6 is 83.7 Å². The second kappa shape index (κ2) is 7.13. The summed E-state index contributed by atoms with van der Waals surface area (Å²) in [5, 5.41) is 0. The van der Waals surface area contributed by atoms with E-state index < -0.39 is 15.8 Å². The smallest absolute Gasteiger partial charge is 0.263 e. The minimum absolute atomic E-state index is 0.00551. The zero-order chi connectivity index (χ0) is 15.8. The molecule has 0 fully saturated rings. The molecule has 2 aromatic rings. The highest BCUT2D eigenvalue weighted by atomic mass is 127. The zero-order valence-electron chi connectivity index (χ0n) is 10.0. The van der Waals surface area contributed by atoms with Crippen LogP contribution in [0, 0.1) is 16.5 Å². The molecule has 0 aliphatic heterocycles. The molecule has 2 aromatic carbocycles. The first-order valence-corrected chi connectivity index (χ1v) is 10.8.